The molecule has 5 nitrogen and oxygen atoms in total. The van der Waals surface area contributed by atoms with Crippen molar-refractivity contribution in [3.8, 4) is 5.75 Å². The van der Waals surface area contributed by atoms with Crippen LogP contribution in [0.1, 0.15) is 25.3 Å². The predicted octanol–water partition coefficient (Wildman–Crippen LogP) is 4.73. The number of hydrogen-bond acceptors (Lipinski definition) is 4. The number of anilines is 1. The third-order valence-electron chi connectivity index (χ3n) is 3.95. The fourth-order valence-electron chi connectivity index (χ4n) is 2.66. The molecule has 3 aromatic rings. The number of nitrogens with one attached hydrogen (secondary N) is 1. The monoisotopic (exact) mass is 389 g/mol. The highest BCUT2D eigenvalue weighted by Gasteiger charge is 2.12. The Bertz CT molecular complexity index is 1060. The van der Waals surface area contributed by atoms with E-state index in [4.69, 9.17) is 20.8 Å². The third-order valence-corrected chi connectivity index (χ3v) is 4.18. The summed E-state index contributed by atoms with van der Waals surface area (Å²) < 4.78 is 24.4. The number of amides is 1. The van der Waals surface area contributed by atoms with E-state index in [1.807, 2.05) is 13.8 Å². The van der Waals surface area contributed by atoms with Crippen molar-refractivity contribution in [2.45, 2.75) is 19.8 Å². The second-order valence-corrected chi connectivity index (χ2v) is 6.73. The quantitative estimate of drug-likeness (QED) is 0.641. The molecule has 1 N–H and O–H groups in total. The Morgan fingerprint density at radius 1 is 1.22 bits per heavy atom. The minimum Gasteiger partial charge on any atom is -0.484 e. The third kappa shape index (κ3) is 4.46. The molecule has 140 valence electrons. The van der Waals surface area contributed by atoms with Gasteiger partial charge in [-0.05, 0) is 41.8 Å². The van der Waals surface area contributed by atoms with Crippen molar-refractivity contribution in [3.05, 3.63) is 69.3 Å². The van der Waals surface area contributed by atoms with Crippen molar-refractivity contribution in [2.24, 2.45) is 0 Å². The number of halogens is 2. The van der Waals surface area contributed by atoms with Crippen molar-refractivity contribution in [1.82, 2.24) is 0 Å². The van der Waals surface area contributed by atoms with Gasteiger partial charge in [-0.25, -0.2) is 9.18 Å². The van der Waals surface area contributed by atoms with Crippen LogP contribution in [0.25, 0.3) is 11.0 Å². The highest BCUT2D eigenvalue weighted by Crippen LogP contribution is 2.27. The van der Waals surface area contributed by atoms with Crippen LogP contribution in [0.3, 0.4) is 0 Å². The zero-order chi connectivity index (χ0) is 19.6. The van der Waals surface area contributed by atoms with Crippen molar-refractivity contribution < 1.29 is 18.3 Å². The van der Waals surface area contributed by atoms with Gasteiger partial charge in [0, 0.05) is 22.5 Å². The van der Waals surface area contributed by atoms with E-state index in [2.05, 4.69) is 5.32 Å². The van der Waals surface area contributed by atoms with Crippen LogP contribution in [0.5, 0.6) is 5.75 Å². The molecule has 7 heteroatoms. The van der Waals surface area contributed by atoms with Gasteiger partial charge in [0.2, 0.25) is 0 Å². The minimum atomic E-state index is -0.635. The molecule has 0 saturated heterocycles. The van der Waals surface area contributed by atoms with Crippen molar-refractivity contribution >= 4 is 34.2 Å². The molecular formula is C20H17ClFNO4. The summed E-state index contributed by atoms with van der Waals surface area (Å²) in [6.07, 6.45) is 0. The first-order valence-corrected chi connectivity index (χ1v) is 8.67. The van der Waals surface area contributed by atoms with Crippen molar-refractivity contribution in [3.63, 3.8) is 0 Å². The van der Waals surface area contributed by atoms with E-state index in [0.29, 0.717) is 11.3 Å². The van der Waals surface area contributed by atoms with E-state index in [9.17, 15) is 14.0 Å². The fourth-order valence-corrected chi connectivity index (χ4v) is 2.82. The number of benzene rings is 2. The normalized spacial score (nSPS) is 11.0. The molecule has 1 aromatic heterocycles. The molecule has 0 aliphatic carbocycles. The maximum Gasteiger partial charge on any atom is 0.336 e. The van der Waals surface area contributed by atoms with Gasteiger partial charge in [-0.2, -0.15) is 0 Å². The molecule has 27 heavy (non-hydrogen) atoms. The van der Waals surface area contributed by atoms with Crippen LogP contribution in [-0.4, -0.2) is 12.5 Å². The number of fused-ring (bicyclic) bond motifs is 1. The Labute approximate surface area is 159 Å². The summed E-state index contributed by atoms with van der Waals surface area (Å²) in [5.41, 5.74) is 0.829. The summed E-state index contributed by atoms with van der Waals surface area (Å²) in [6.45, 7) is 3.64. The molecule has 0 spiro atoms. The van der Waals surface area contributed by atoms with Crippen LogP contribution in [0.4, 0.5) is 10.1 Å². The van der Waals surface area contributed by atoms with Crippen molar-refractivity contribution in [2.75, 3.05) is 11.9 Å². The highest BCUT2D eigenvalue weighted by atomic mass is 35.5. The fraction of sp³-hybridized carbons (Fsp3) is 0.200. The Kier molecular flexibility index (Phi) is 5.46. The standard InChI is InChI=1S/C20H17ClFNO4/c1-11(2)15-9-20(25)27-18-8-13(4-5-14(15)18)26-10-19(24)23-17-6-3-12(21)7-16(17)22/h3-9,11H,10H2,1-2H3,(H,23,24). The van der Waals surface area contributed by atoms with E-state index in [1.165, 1.54) is 18.2 Å². The van der Waals surface area contributed by atoms with Crippen LogP contribution in [0, 0.1) is 5.82 Å². The lowest BCUT2D eigenvalue weighted by Crippen LogP contribution is -2.20. The van der Waals surface area contributed by atoms with Gasteiger partial charge in [0.1, 0.15) is 17.1 Å². The topological polar surface area (TPSA) is 68.5 Å². The van der Waals surface area contributed by atoms with Gasteiger partial charge in [0.05, 0.1) is 5.69 Å². The maximum atomic E-state index is 13.7. The number of ether oxygens (including phenoxy) is 1. The minimum absolute atomic E-state index is 0.0130. The highest BCUT2D eigenvalue weighted by molar-refractivity contribution is 6.30. The zero-order valence-corrected chi connectivity index (χ0v) is 15.5. The zero-order valence-electron chi connectivity index (χ0n) is 14.7. The van der Waals surface area contributed by atoms with Crippen LogP contribution >= 0.6 is 11.6 Å². The number of rotatable bonds is 5. The number of carbonyl (C=O) groups is 1. The van der Waals surface area contributed by atoms with Gasteiger partial charge in [-0.3, -0.25) is 4.79 Å². The summed E-state index contributed by atoms with van der Waals surface area (Å²) >= 11 is 5.68. The van der Waals surface area contributed by atoms with Gasteiger partial charge in [0.25, 0.3) is 5.91 Å². The van der Waals surface area contributed by atoms with Crippen molar-refractivity contribution in [1.29, 1.82) is 0 Å². The smallest absolute Gasteiger partial charge is 0.336 e. The second-order valence-electron chi connectivity index (χ2n) is 6.29. The van der Waals surface area contributed by atoms with Gasteiger partial charge in [0.15, 0.2) is 6.61 Å². The molecule has 2 aromatic carbocycles. The van der Waals surface area contributed by atoms with Crippen LogP contribution in [0.2, 0.25) is 5.02 Å². The second kappa shape index (κ2) is 7.80. The summed E-state index contributed by atoms with van der Waals surface area (Å²) in [4.78, 5) is 23.7. The van der Waals surface area contributed by atoms with E-state index < -0.39 is 17.3 Å². The molecule has 0 radical (unpaired) electrons. The Balaban J connectivity index is 1.73. The van der Waals surface area contributed by atoms with Gasteiger partial charge < -0.3 is 14.5 Å². The molecule has 0 aliphatic rings. The first-order chi connectivity index (χ1) is 12.8. The van der Waals surface area contributed by atoms with E-state index in [0.717, 1.165) is 17.0 Å². The van der Waals surface area contributed by atoms with E-state index in [-0.39, 0.29) is 23.2 Å². The molecule has 0 bridgehead atoms. The van der Waals surface area contributed by atoms with Gasteiger partial charge in [-0.1, -0.05) is 25.4 Å². The molecule has 0 saturated carbocycles. The average molecular weight is 390 g/mol. The first kappa shape index (κ1) is 18.9. The summed E-state index contributed by atoms with van der Waals surface area (Å²) in [5, 5.41) is 3.45. The first-order valence-electron chi connectivity index (χ1n) is 8.29. The van der Waals surface area contributed by atoms with Crippen LogP contribution in [0.15, 0.2) is 51.7 Å². The lowest BCUT2D eigenvalue weighted by molar-refractivity contribution is -0.118. The molecule has 0 atom stereocenters. The summed E-state index contributed by atoms with van der Waals surface area (Å²) in [5.74, 6) is -0.653. The Hall–Kier alpha value is -2.86. The molecule has 0 unspecified atom stereocenters. The molecule has 0 fully saturated rings. The van der Waals surface area contributed by atoms with Gasteiger partial charge >= 0.3 is 5.63 Å². The summed E-state index contributed by atoms with van der Waals surface area (Å²) in [7, 11) is 0. The molecule has 1 heterocycles. The van der Waals surface area contributed by atoms with E-state index >= 15 is 0 Å². The van der Waals surface area contributed by atoms with Crippen LogP contribution in [-0.2, 0) is 4.79 Å². The lowest BCUT2D eigenvalue weighted by Gasteiger charge is -2.11. The number of hydrogen-bond donors (Lipinski definition) is 1. The SMILES string of the molecule is CC(C)c1cc(=O)oc2cc(OCC(=O)Nc3ccc(Cl)cc3F)ccc12. The maximum absolute atomic E-state index is 13.7. The molecular weight excluding hydrogens is 373 g/mol. The average Bonchev–Trinajstić information content (AvgIpc) is 2.61. The largest absolute Gasteiger partial charge is 0.484 e. The number of carbonyl (C=O) groups excluding carboxylic acids is 1. The summed E-state index contributed by atoms with van der Waals surface area (Å²) in [6, 6.07) is 10.4. The molecule has 1 amide bonds. The van der Waals surface area contributed by atoms with E-state index in [1.54, 1.807) is 18.2 Å². The van der Waals surface area contributed by atoms with Gasteiger partial charge in [-0.15, -0.1) is 0 Å². The molecule has 0 aliphatic heterocycles. The Morgan fingerprint density at radius 2 is 2.00 bits per heavy atom. The van der Waals surface area contributed by atoms with Crippen LogP contribution < -0.4 is 15.7 Å². The molecule has 3 rings (SSSR count). The predicted molar refractivity (Wildman–Crippen MR) is 102 cm³/mol. The lowest BCUT2D eigenvalue weighted by atomic mass is 10.00. The Morgan fingerprint density at radius 3 is 2.70 bits per heavy atom.